The SMILES string of the molecule is CCCCOc1ccc(N2CCN(S(=O)(=O)C3(C(=O)NO)CCN(C(=O)CC(F)(F)F)CC3)CC2)cc1.Cl. The highest BCUT2D eigenvalue weighted by Gasteiger charge is 2.55. The summed E-state index contributed by atoms with van der Waals surface area (Å²) in [5, 5.41) is 9.29. The van der Waals surface area contributed by atoms with E-state index in [-0.39, 0.29) is 38.6 Å². The van der Waals surface area contributed by atoms with Gasteiger partial charge in [0, 0.05) is 45.0 Å². The predicted molar refractivity (Wildman–Crippen MR) is 136 cm³/mol. The van der Waals surface area contributed by atoms with Crippen LogP contribution in [0, 0.1) is 0 Å². The molecule has 3 rings (SSSR count). The molecule has 2 saturated heterocycles. The molecule has 2 heterocycles. The van der Waals surface area contributed by atoms with Crippen molar-refractivity contribution >= 4 is 39.9 Å². The second kappa shape index (κ2) is 13.2. The number of halogens is 4. The molecule has 0 bridgehead atoms. The van der Waals surface area contributed by atoms with Crippen molar-refractivity contribution in [3.8, 4) is 5.75 Å². The lowest BCUT2D eigenvalue weighted by atomic mass is 9.94. The number of piperazine rings is 1. The molecule has 2 aliphatic heterocycles. The van der Waals surface area contributed by atoms with Gasteiger partial charge < -0.3 is 14.5 Å². The molecule has 0 saturated carbocycles. The van der Waals surface area contributed by atoms with Crippen molar-refractivity contribution in [3.63, 3.8) is 0 Å². The Morgan fingerprint density at radius 3 is 2.13 bits per heavy atom. The summed E-state index contributed by atoms with van der Waals surface area (Å²) < 4.78 is 69.8. The maximum atomic E-state index is 13.6. The number of hydroxylamine groups is 1. The van der Waals surface area contributed by atoms with Gasteiger partial charge in [-0.2, -0.15) is 17.5 Å². The summed E-state index contributed by atoms with van der Waals surface area (Å²) in [5.41, 5.74) is 2.30. The molecule has 0 aromatic heterocycles. The topological polar surface area (TPSA) is 119 Å². The Labute approximate surface area is 226 Å². The van der Waals surface area contributed by atoms with E-state index in [1.54, 1.807) is 0 Å². The molecule has 216 valence electrons. The van der Waals surface area contributed by atoms with E-state index in [4.69, 9.17) is 4.74 Å². The highest BCUT2D eigenvalue weighted by molar-refractivity contribution is 7.91. The van der Waals surface area contributed by atoms with Crippen LogP contribution in [0.5, 0.6) is 5.75 Å². The van der Waals surface area contributed by atoms with Gasteiger partial charge in [0.05, 0.1) is 6.61 Å². The summed E-state index contributed by atoms with van der Waals surface area (Å²) in [6.07, 6.45) is -5.22. The molecule has 38 heavy (non-hydrogen) atoms. The predicted octanol–water partition coefficient (Wildman–Crippen LogP) is 2.56. The minimum absolute atomic E-state index is 0. The average molecular weight is 587 g/mol. The Bertz CT molecular complexity index is 1040. The van der Waals surface area contributed by atoms with Gasteiger partial charge in [-0.15, -0.1) is 12.4 Å². The van der Waals surface area contributed by atoms with Crippen molar-refractivity contribution in [1.82, 2.24) is 14.7 Å². The van der Waals surface area contributed by atoms with E-state index in [9.17, 15) is 36.4 Å². The van der Waals surface area contributed by atoms with Crippen molar-refractivity contribution in [3.05, 3.63) is 24.3 Å². The molecule has 0 spiro atoms. The number of amides is 2. The summed E-state index contributed by atoms with van der Waals surface area (Å²) in [6, 6.07) is 7.48. The van der Waals surface area contributed by atoms with E-state index in [1.165, 1.54) is 9.79 Å². The third-order valence-electron chi connectivity index (χ3n) is 6.83. The van der Waals surface area contributed by atoms with Crippen LogP contribution in [0.15, 0.2) is 24.3 Å². The van der Waals surface area contributed by atoms with Crippen LogP contribution in [-0.2, 0) is 19.6 Å². The normalized spacial score (nSPS) is 18.4. The standard InChI is InChI=1S/C23H33F3N4O6S.ClH/c1-2-3-16-36-19-6-4-18(5-7-19)28-12-14-30(15-13-28)37(34,35)22(21(32)27-33)8-10-29(11-9-22)20(31)17-23(24,25)26;/h4-7,33H,2-3,8-17H2,1H3,(H,27,32);1H. The van der Waals surface area contributed by atoms with E-state index in [1.807, 2.05) is 29.2 Å². The zero-order valence-electron chi connectivity index (χ0n) is 21.1. The second-order valence-corrected chi connectivity index (χ2v) is 11.4. The second-order valence-electron chi connectivity index (χ2n) is 9.20. The van der Waals surface area contributed by atoms with Crippen LogP contribution in [0.4, 0.5) is 18.9 Å². The third kappa shape index (κ3) is 7.21. The molecule has 15 heteroatoms. The van der Waals surface area contributed by atoms with Crippen LogP contribution in [0.3, 0.4) is 0 Å². The lowest BCUT2D eigenvalue weighted by Crippen LogP contribution is -2.64. The van der Waals surface area contributed by atoms with Gasteiger partial charge in [0.25, 0.3) is 5.91 Å². The van der Waals surface area contributed by atoms with Gasteiger partial charge >= 0.3 is 6.18 Å². The number of likely N-dealkylation sites (tertiary alicyclic amines) is 1. The highest BCUT2D eigenvalue weighted by atomic mass is 35.5. The highest BCUT2D eigenvalue weighted by Crippen LogP contribution is 2.35. The van der Waals surface area contributed by atoms with E-state index >= 15 is 0 Å². The maximum absolute atomic E-state index is 13.6. The minimum Gasteiger partial charge on any atom is -0.494 e. The Kier molecular flexibility index (Phi) is 11.1. The fourth-order valence-corrected chi connectivity index (χ4v) is 6.74. The van der Waals surface area contributed by atoms with Gasteiger partial charge in [-0.1, -0.05) is 13.3 Å². The number of carbonyl (C=O) groups is 2. The number of carbonyl (C=O) groups excluding carboxylic acids is 2. The van der Waals surface area contributed by atoms with Gasteiger partial charge in [-0.3, -0.25) is 14.8 Å². The Morgan fingerprint density at radius 2 is 1.63 bits per heavy atom. The molecule has 2 aliphatic rings. The van der Waals surface area contributed by atoms with Gasteiger partial charge in [0.15, 0.2) is 4.75 Å². The quantitative estimate of drug-likeness (QED) is 0.259. The number of hydrogen-bond donors (Lipinski definition) is 2. The number of piperidine rings is 1. The molecule has 1 aromatic rings. The first-order chi connectivity index (χ1) is 17.4. The first kappa shape index (κ1) is 31.9. The fraction of sp³-hybridized carbons (Fsp3) is 0.652. The van der Waals surface area contributed by atoms with Crippen LogP contribution < -0.4 is 15.1 Å². The first-order valence-electron chi connectivity index (χ1n) is 12.2. The fourth-order valence-electron chi connectivity index (χ4n) is 4.63. The number of ether oxygens (including phenoxy) is 1. The van der Waals surface area contributed by atoms with Crippen LogP contribution in [0.2, 0.25) is 0 Å². The summed E-state index contributed by atoms with van der Waals surface area (Å²) in [5.74, 6) is -1.59. The van der Waals surface area contributed by atoms with Crippen LogP contribution in [0.1, 0.15) is 39.0 Å². The molecular weight excluding hydrogens is 553 g/mol. The van der Waals surface area contributed by atoms with Gasteiger partial charge in [0.2, 0.25) is 15.9 Å². The molecular formula is C23H34ClF3N4O6S. The number of nitrogens with zero attached hydrogens (tertiary/aromatic N) is 3. The number of nitrogens with one attached hydrogen (secondary N) is 1. The Hall–Kier alpha value is -2.29. The van der Waals surface area contributed by atoms with E-state index < -0.39 is 52.0 Å². The minimum atomic E-state index is -4.69. The first-order valence-corrected chi connectivity index (χ1v) is 13.6. The number of sulfonamides is 1. The van der Waals surface area contributed by atoms with Crippen LogP contribution >= 0.6 is 12.4 Å². The molecule has 0 atom stereocenters. The summed E-state index contributed by atoms with van der Waals surface area (Å²) >= 11 is 0. The van der Waals surface area contributed by atoms with Crippen LogP contribution in [-0.4, -0.2) is 91.4 Å². The van der Waals surface area contributed by atoms with E-state index in [0.29, 0.717) is 19.7 Å². The number of alkyl halides is 3. The Morgan fingerprint density at radius 1 is 1.05 bits per heavy atom. The number of unbranched alkanes of at least 4 members (excludes halogenated alkanes) is 1. The van der Waals surface area contributed by atoms with E-state index in [2.05, 4.69) is 6.92 Å². The Balaban J connectivity index is 0.00000507. The molecule has 10 nitrogen and oxygen atoms in total. The zero-order chi connectivity index (χ0) is 27.3. The number of anilines is 1. The average Bonchev–Trinajstić information content (AvgIpc) is 2.88. The van der Waals surface area contributed by atoms with Gasteiger partial charge in [-0.05, 0) is 43.5 Å². The van der Waals surface area contributed by atoms with Gasteiger partial charge in [0.1, 0.15) is 12.2 Å². The van der Waals surface area contributed by atoms with Crippen molar-refractivity contribution in [2.24, 2.45) is 0 Å². The summed E-state index contributed by atoms with van der Waals surface area (Å²) in [7, 11) is -4.31. The van der Waals surface area contributed by atoms with Crippen molar-refractivity contribution < 1.29 is 41.1 Å². The monoisotopic (exact) mass is 586 g/mol. The zero-order valence-corrected chi connectivity index (χ0v) is 22.7. The molecule has 2 amide bonds. The molecule has 0 radical (unpaired) electrons. The van der Waals surface area contributed by atoms with E-state index in [0.717, 1.165) is 29.2 Å². The van der Waals surface area contributed by atoms with Crippen molar-refractivity contribution in [2.75, 3.05) is 50.8 Å². The molecule has 2 N–H and O–H groups in total. The number of hydrogen-bond acceptors (Lipinski definition) is 7. The van der Waals surface area contributed by atoms with Crippen molar-refractivity contribution in [1.29, 1.82) is 0 Å². The molecule has 0 unspecified atom stereocenters. The largest absolute Gasteiger partial charge is 0.494 e. The smallest absolute Gasteiger partial charge is 0.397 e. The van der Waals surface area contributed by atoms with Crippen molar-refractivity contribution in [2.45, 2.75) is 50.0 Å². The molecule has 0 aliphatic carbocycles. The van der Waals surface area contributed by atoms with Gasteiger partial charge in [-0.25, -0.2) is 13.9 Å². The third-order valence-corrected chi connectivity index (χ3v) is 9.46. The maximum Gasteiger partial charge on any atom is 0.397 e. The molecule has 2 fully saturated rings. The molecule has 1 aromatic carbocycles. The summed E-state index contributed by atoms with van der Waals surface area (Å²) in [4.78, 5) is 27.5. The number of benzene rings is 1. The van der Waals surface area contributed by atoms with Crippen LogP contribution in [0.25, 0.3) is 0 Å². The number of rotatable bonds is 9. The summed E-state index contributed by atoms with van der Waals surface area (Å²) in [6.45, 7) is 2.85. The lowest BCUT2D eigenvalue weighted by Gasteiger charge is -2.44. The lowest BCUT2D eigenvalue weighted by molar-refractivity contribution is -0.162.